The lowest BCUT2D eigenvalue weighted by molar-refractivity contribution is -0.136. The average molecular weight is 497 g/mol. The first-order valence-corrected chi connectivity index (χ1v) is 12.3. The van der Waals surface area contributed by atoms with Gasteiger partial charge in [0.15, 0.2) is 4.80 Å². The van der Waals surface area contributed by atoms with Gasteiger partial charge in [-0.15, -0.1) is 0 Å². The molecule has 3 aromatic carbocycles. The maximum absolute atomic E-state index is 13.6. The van der Waals surface area contributed by atoms with E-state index in [0.29, 0.717) is 27.2 Å². The summed E-state index contributed by atoms with van der Waals surface area (Å²) in [6.07, 6.45) is 1.84. The number of carbonyl (C=O) groups is 1. The maximum atomic E-state index is 13.6. The van der Waals surface area contributed by atoms with Gasteiger partial charge in [-0.05, 0) is 41.8 Å². The third-order valence-corrected chi connectivity index (χ3v) is 6.95. The molecule has 0 bridgehead atoms. The van der Waals surface area contributed by atoms with Gasteiger partial charge < -0.3 is 9.47 Å². The van der Waals surface area contributed by atoms with Crippen LogP contribution in [0, 0.1) is 0 Å². The van der Waals surface area contributed by atoms with Gasteiger partial charge >= 0.3 is 5.97 Å². The van der Waals surface area contributed by atoms with Gasteiger partial charge in [0.25, 0.3) is 5.56 Å². The average Bonchev–Trinajstić information content (AvgIpc) is 3.22. The van der Waals surface area contributed by atoms with E-state index in [2.05, 4.69) is 4.99 Å². The second-order valence-electron chi connectivity index (χ2n) is 8.33. The molecule has 180 valence electrons. The molecule has 0 amide bonds. The van der Waals surface area contributed by atoms with Crippen molar-refractivity contribution in [3.8, 4) is 5.75 Å². The Hall–Kier alpha value is -4.23. The summed E-state index contributed by atoms with van der Waals surface area (Å²) < 4.78 is 13.0. The van der Waals surface area contributed by atoms with E-state index in [1.54, 1.807) is 11.5 Å². The van der Waals surface area contributed by atoms with E-state index >= 15 is 0 Å². The number of aromatic nitrogens is 1. The molecule has 7 heteroatoms. The van der Waals surface area contributed by atoms with Crippen molar-refractivity contribution in [3.05, 3.63) is 133 Å². The molecule has 5 rings (SSSR count). The molecule has 0 fully saturated rings. The zero-order valence-electron chi connectivity index (χ0n) is 19.9. The van der Waals surface area contributed by atoms with Gasteiger partial charge in [-0.2, -0.15) is 0 Å². The van der Waals surface area contributed by atoms with E-state index in [1.165, 1.54) is 18.4 Å². The smallest absolute Gasteiger partial charge is 0.338 e. The van der Waals surface area contributed by atoms with Crippen LogP contribution < -0.4 is 19.6 Å². The summed E-state index contributed by atoms with van der Waals surface area (Å²) in [5, 5.41) is 0. The summed E-state index contributed by atoms with van der Waals surface area (Å²) in [6, 6.07) is 26.4. The molecule has 36 heavy (non-hydrogen) atoms. The van der Waals surface area contributed by atoms with Crippen LogP contribution >= 0.6 is 11.3 Å². The third kappa shape index (κ3) is 4.65. The number of carbonyl (C=O) groups excluding carboxylic acids is 1. The number of allylic oxidation sites excluding steroid dienone is 1. The molecule has 0 N–H and O–H groups in total. The van der Waals surface area contributed by atoms with Crippen molar-refractivity contribution in [2.75, 3.05) is 7.11 Å². The van der Waals surface area contributed by atoms with Crippen molar-refractivity contribution in [1.29, 1.82) is 0 Å². The topological polar surface area (TPSA) is 69.9 Å². The summed E-state index contributed by atoms with van der Waals surface area (Å²) in [5.41, 5.74) is 3.49. The fraction of sp³-hybridized carbons (Fsp3) is 0.138. The first kappa shape index (κ1) is 23.5. The zero-order chi connectivity index (χ0) is 25.1. The Kier molecular flexibility index (Phi) is 6.64. The van der Waals surface area contributed by atoms with Crippen molar-refractivity contribution in [3.63, 3.8) is 0 Å². The minimum atomic E-state index is -0.606. The summed E-state index contributed by atoms with van der Waals surface area (Å²) >= 11 is 1.30. The molecule has 0 saturated carbocycles. The van der Waals surface area contributed by atoms with Crippen LogP contribution in [0.1, 0.15) is 29.7 Å². The number of hydrogen-bond acceptors (Lipinski definition) is 6. The molecular weight excluding hydrogens is 472 g/mol. The van der Waals surface area contributed by atoms with Crippen molar-refractivity contribution < 1.29 is 14.3 Å². The van der Waals surface area contributed by atoms with Crippen LogP contribution in [0.3, 0.4) is 0 Å². The molecule has 4 aromatic rings. The summed E-state index contributed by atoms with van der Waals surface area (Å²) in [5.74, 6) is 0.255. The maximum Gasteiger partial charge on any atom is 0.338 e. The number of thiazole rings is 1. The van der Waals surface area contributed by atoms with Gasteiger partial charge in [0, 0.05) is 0 Å². The lowest BCUT2D eigenvalue weighted by Crippen LogP contribution is -2.39. The molecular formula is C29H24N2O4S. The first-order valence-electron chi connectivity index (χ1n) is 11.5. The second kappa shape index (κ2) is 10.2. The lowest BCUT2D eigenvalue weighted by atomic mass is 9.96. The standard InChI is InChI=1S/C29H24N2O4S/c1-19-25(28(33)34-2)26(22-11-7-4-8-12-22)31-27(32)24(36-29(31)30-19)17-20-13-15-23(16-14-20)35-18-21-9-5-3-6-10-21/h3-17,26H,18H2,1-2H3/b24-17-/t26-/m0/s1. The molecule has 0 radical (unpaired) electrons. The molecule has 1 aliphatic rings. The van der Waals surface area contributed by atoms with Crippen LogP contribution in [-0.4, -0.2) is 17.6 Å². The zero-order valence-corrected chi connectivity index (χ0v) is 20.7. The largest absolute Gasteiger partial charge is 0.489 e. The Morgan fingerprint density at radius 3 is 2.33 bits per heavy atom. The Bertz CT molecular complexity index is 1600. The highest BCUT2D eigenvalue weighted by molar-refractivity contribution is 7.07. The number of methoxy groups -OCH3 is 1. The molecule has 6 nitrogen and oxygen atoms in total. The van der Waals surface area contributed by atoms with Crippen molar-refractivity contribution in [1.82, 2.24) is 4.57 Å². The minimum absolute atomic E-state index is 0.203. The Morgan fingerprint density at radius 1 is 1.00 bits per heavy atom. The van der Waals surface area contributed by atoms with E-state index < -0.39 is 12.0 Å². The number of benzene rings is 3. The van der Waals surface area contributed by atoms with E-state index in [9.17, 15) is 9.59 Å². The normalized spacial score (nSPS) is 15.3. The predicted octanol–water partition coefficient (Wildman–Crippen LogP) is 3.99. The second-order valence-corrected chi connectivity index (χ2v) is 9.34. The molecule has 1 aliphatic heterocycles. The van der Waals surface area contributed by atoms with Gasteiger partial charge in [0.05, 0.1) is 29.0 Å². The molecule has 0 aliphatic carbocycles. The van der Waals surface area contributed by atoms with Crippen LogP contribution in [0.15, 0.2) is 106 Å². The van der Waals surface area contributed by atoms with Crippen molar-refractivity contribution in [2.24, 2.45) is 4.99 Å². The predicted molar refractivity (Wildman–Crippen MR) is 139 cm³/mol. The van der Waals surface area contributed by atoms with E-state index in [-0.39, 0.29) is 5.56 Å². The monoisotopic (exact) mass is 496 g/mol. The number of rotatable bonds is 6. The molecule has 1 atom stereocenters. The van der Waals surface area contributed by atoms with Crippen molar-refractivity contribution >= 4 is 23.4 Å². The van der Waals surface area contributed by atoms with Gasteiger partial charge in [0.2, 0.25) is 0 Å². The summed E-state index contributed by atoms with van der Waals surface area (Å²) in [7, 11) is 1.34. The quantitative estimate of drug-likeness (QED) is 0.379. The molecule has 2 heterocycles. The van der Waals surface area contributed by atoms with Gasteiger partial charge in [-0.3, -0.25) is 9.36 Å². The van der Waals surface area contributed by atoms with Gasteiger partial charge in [-0.1, -0.05) is 84.1 Å². The van der Waals surface area contributed by atoms with E-state index in [1.807, 2.05) is 91.0 Å². The Labute approximate surface area is 212 Å². The van der Waals surface area contributed by atoms with Crippen LogP contribution in [-0.2, 0) is 16.1 Å². The fourth-order valence-electron chi connectivity index (χ4n) is 4.20. The number of hydrogen-bond donors (Lipinski definition) is 0. The highest BCUT2D eigenvalue weighted by Crippen LogP contribution is 2.30. The molecule has 0 spiro atoms. The number of fused-ring (bicyclic) bond motifs is 1. The van der Waals surface area contributed by atoms with Crippen LogP contribution in [0.25, 0.3) is 6.08 Å². The minimum Gasteiger partial charge on any atom is -0.489 e. The van der Waals surface area contributed by atoms with Crippen LogP contribution in [0.4, 0.5) is 0 Å². The number of ether oxygens (including phenoxy) is 2. The fourth-order valence-corrected chi connectivity index (χ4v) is 5.24. The number of esters is 1. The van der Waals surface area contributed by atoms with E-state index in [0.717, 1.165) is 22.4 Å². The van der Waals surface area contributed by atoms with E-state index in [4.69, 9.17) is 9.47 Å². The Morgan fingerprint density at radius 2 is 1.67 bits per heavy atom. The van der Waals surface area contributed by atoms with Crippen LogP contribution in [0.5, 0.6) is 5.75 Å². The van der Waals surface area contributed by atoms with Gasteiger partial charge in [-0.25, -0.2) is 9.79 Å². The molecule has 0 saturated heterocycles. The van der Waals surface area contributed by atoms with Crippen LogP contribution in [0.2, 0.25) is 0 Å². The first-order chi connectivity index (χ1) is 17.5. The third-order valence-electron chi connectivity index (χ3n) is 5.97. The van der Waals surface area contributed by atoms with Crippen molar-refractivity contribution in [2.45, 2.75) is 19.6 Å². The molecule has 1 aromatic heterocycles. The summed E-state index contributed by atoms with van der Waals surface area (Å²) in [6.45, 7) is 2.26. The molecule has 0 unspecified atom stereocenters. The Balaban J connectivity index is 1.50. The highest BCUT2D eigenvalue weighted by Gasteiger charge is 2.32. The SMILES string of the molecule is COC(=O)C1=C(C)N=c2s/c(=C\c3ccc(OCc4ccccc4)cc3)c(=O)n2[C@H]1c1ccccc1. The lowest BCUT2D eigenvalue weighted by Gasteiger charge is -2.24. The highest BCUT2D eigenvalue weighted by atomic mass is 32.1. The number of nitrogens with zero attached hydrogens (tertiary/aromatic N) is 2. The summed E-state index contributed by atoms with van der Waals surface area (Å²) in [4.78, 5) is 31.4. The van der Waals surface area contributed by atoms with Gasteiger partial charge in [0.1, 0.15) is 12.4 Å².